The van der Waals surface area contributed by atoms with Gasteiger partial charge in [0.05, 0.1) is 4.83 Å². The first kappa shape index (κ1) is 18.7. The molecule has 1 rings (SSSR count). The van der Waals surface area contributed by atoms with Crippen LogP contribution in [0, 0.1) is 0 Å². The summed E-state index contributed by atoms with van der Waals surface area (Å²) in [6.07, 6.45) is 0. The largest absolute Gasteiger partial charge is 0.446 e. The van der Waals surface area contributed by atoms with Gasteiger partial charge in [0.1, 0.15) is 5.78 Å². The van der Waals surface area contributed by atoms with Crippen LogP contribution in [-0.2, 0) is 4.79 Å². The van der Waals surface area contributed by atoms with Gasteiger partial charge in [-0.15, -0.1) is 0 Å². The monoisotopic (exact) mass is 412 g/mol. The van der Waals surface area contributed by atoms with E-state index >= 15 is 0 Å². The quantitative estimate of drug-likeness (QED) is 0.346. The highest BCUT2D eigenvalue weighted by Gasteiger charge is 2.34. The maximum absolute atomic E-state index is 12.5. The molecular weight excluding hydrogens is 406 g/mol. The zero-order chi connectivity index (χ0) is 16.4. The number of alkyl halides is 7. The van der Waals surface area contributed by atoms with E-state index in [2.05, 4.69) is 15.9 Å². The van der Waals surface area contributed by atoms with Crippen LogP contribution >= 0.6 is 39.5 Å². The van der Waals surface area contributed by atoms with E-state index in [0.717, 1.165) is 18.2 Å². The van der Waals surface area contributed by atoms with Crippen molar-refractivity contribution in [3.05, 3.63) is 23.8 Å². The Morgan fingerprint density at radius 3 is 2.05 bits per heavy atom. The molecule has 0 fully saturated rings. The van der Waals surface area contributed by atoms with Gasteiger partial charge in [-0.1, -0.05) is 22.0 Å². The molecule has 0 saturated carbocycles. The van der Waals surface area contributed by atoms with E-state index in [0.29, 0.717) is 0 Å². The van der Waals surface area contributed by atoms with Crippen molar-refractivity contribution in [2.75, 3.05) is 0 Å². The number of hydrogen-bond donors (Lipinski definition) is 0. The van der Waals surface area contributed by atoms with Crippen LogP contribution in [0.15, 0.2) is 28.0 Å². The van der Waals surface area contributed by atoms with Crippen molar-refractivity contribution in [3.8, 4) is 0 Å². The Bertz CT molecular complexity index is 528. The summed E-state index contributed by atoms with van der Waals surface area (Å²) in [6.45, 7) is 1.17. The molecule has 1 unspecified atom stereocenters. The smallest absolute Gasteiger partial charge is 0.298 e. The summed E-state index contributed by atoms with van der Waals surface area (Å²) in [6, 6.07) is 2.90. The van der Waals surface area contributed by atoms with Crippen LogP contribution in [0.3, 0.4) is 0 Å². The number of hydrogen-bond acceptors (Lipinski definition) is 3. The summed E-state index contributed by atoms with van der Waals surface area (Å²) < 4.78 is 74.3. The molecule has 0 amide bonds. The van der Waals surface area contributed by atoms with Crippen LogP contribution in [0.25, 0.3) is 0 Å². The third-order valence-electron chi connectivity index (χ3n) is 2.07. The molecule has 0 aromatic heterocycles. The Morgan fingerprint density at radius 2 is 1.62 bits per heavy atom. The fraction of sp³-hybridized carbons (Fsp3) is 0.364. The molecule has 21 heavy (non-hydrogen) atoms. The molecule has 1 aromatic carbocycles. The second-order valence-corrected chi connectivity index (χ2v) is 6.93. The molecule has 0 aliphatic carbocycles. The highest BCUT2D eigenvalue weighted by Crippen LogP contribution is 2.45. The lowest BCUT2D eigenvalue weighted by Gasteiger charge is -2.15. The Balaban J connectivity index is 3.23. The number of benzene rings is 1. The van der Waals surface area contributed by atoms with E-state index in [1.165, 1.54) is 6.92 Å². The van der Waals surface area contributed by atoms with E-state index < -0.39 is 50.0 Å². The fourth-order valence-electron chi connectivity index (χ4n) is 1.35. The second-order valence-electron chi connectivity index (χ2n) is 3.77. The maximum Gasteiger partial charge on any atom is 0.446 e. The first-order chi connectivity index (χ1) is 9.39. The van der Waals surface area contributed by atoms with Gasteiger partial charge in [-0.25, -0.2) is 0 Å². The maximum atomic E-state index is 12.5. The van der Waals surface area contributed by atoms with Crippen molar-refractivity contribution < 1.29 is 31.1 Å². The molecule has 0 spiro atoms. The minimum atomic E-state index is -4.67. The third-order valence-corrected chi connectivity index (χ3v) is 4.74. The molecule has 0 aliphatic heterocycles. The van der Waals surface area contributed by atoms with E-state index in [4.69, 9.17) is 0 Å². The van der Waals surface area contributed by atoms with E-state index in [1.807, 2.05) is 0 Å². The Kier molecular flexibility index (Phi) is 6.08. The van der Waals surface area contributed by atoms with Crippen molar-refractivity contribution in [1.29, 1.82) is 0 Å². The number of halogens is 7. The van der Waals surface area contributed by atoms with Gasteiger partial charge < -0.3 is 0 Å². The van der Waals surface area contributed by atoms with Crippen molar-refractivity contribution >= 4 is 45.2 Å². The summed E-state index contributed by atoms with van der Waals surface area (Å²) in [7, 11) is 0. The molecule has 0 N–H and O–H groups in total. The van der Waals surface area contributed by atoms with Gasteiger partial charge in [-0.3, -0.25) is 4.79 Å². The molecule has 0 heterocycles. The van der Waals surface area contributed by atoms with Crippen LogP contribution in [0.4, 0.5) is 26.3 Å². The van der Waals surface area contributed by atoms with Crippen LogP contribution < -0.4 is 0 Å². The Morgan fingerprint density at radius 1 is 1.10 bits per heavy atom. The van der Waals surface area contributed by atoms with Crippen LogP contribution in [0.2, 0.25) is 0 Å². The highest BCUT2D eigenvalue weighted by molar-refractivity contribution is 9.09. The summed E-state index contributed by atoms with van der Waals surface area (Å²) >= 11 is 1.87. The van der Waals surface area contributed by atoms with Gasteiger partial charge in [0.15, 0.2) is 0 Å². The molecule has 1 nitrogen and oxygen atoms in total. The van der Waals surface area contributed by atoms with Gasteiger partial charge in [0.25, 0.3) is 0 Å². The SMILES string of the molecule is CC(=O)C(Br)c1ccc(SC(F)(F)F)cc1SC(F)(F)F. The Hall–Kier alpha value is -0.350. The molecule has 0 radical (unpaired) electrons. The normalized spacial score (nSPS) is 14.1. The van der Waals surface area contributed by atoms with Gasteiger partial charge >= 0.3 is 11.0 Å². The summed E-state index contributed by atoms with van der Waals surface area (Å²) in [4.78, 5) is 9.44. The fourth-order valence-corrected chi connectivity index (χ4v) is 3.30. The van der Waals surface area contributed by atoms with Crippen molar-refractivity contribution in [1.82, 2.24) is 0 Å². The zero-order valence-corrected chi connectivity index (χ0v) is 13.4. The number of rotatable bonds is 4. The lowest BCUT2D eigenvalue weighted by atomic mass is 10.1. The average molecular weight is 413 g/mol. The number of carbonyl (C=O) groups excluding carboxylic acids is 1. The van der Waals surface area contributed by atoms with Gasteiger partial charge in [0.2, 0.25) is 0 Å². The number of Topliss-reactive ketones (excluding diaryl/α,β-unsaturated/α-hetero) is 1. The first-order valence-electron chi connectivity index (χ1n) is 5.19. The molecule has 1 aromatic rings. The second kappa shape index (κ2) is 6.82. The van der Waals surface area contributed by atoms with Crippen molar-refractivity contribution in [3.63, 3.8) is 0 Å². The van der Waals surface area contributed by atoms with E-state index in [-0.39, 0.29) is 10.5 Å². The molecule has 1 atom stereocenters. The molecule has 118 valence electrons. The number of carbonyl (C=O) groups is 1. The van der Waals surface area contributed by atoms with E-state index in [1.54, 1.807) is 0 Å². The van der Waals surface area contributed by atoms with E-state index in [9.17, 15) is 31.1 Å². The zero-order valence-electron chi connectivity index (χ0n) is 10.2. The number of thioether (sulfide) groups is 2. The van der Waals surface area contributed by atoms with Gasteiger partial charge in [-0.2, -0.15) is 26.3 Å². The van der Waals surface area contributed by atoms with Gasteiger partial charge in [0, 0.05) is 9.79 Å². The summed E-state index contributed by atoms with van der Waals surface area (Å²) in [5, 5.41) is 0. The van der Waals surface area contributed by atoms with Crippen LogP contribution in [-0.4, -0.2) is 16.8 Å². The Labute approximate surface area is 133 Å². The third kappa shape index (κ3) is 6.52. The lowest BCUT2D eigenvalue weighted by molar-refractivity contribution is -0.116. The minimum Gasteiger partial charge on any atom is -0.298 e. The molecule has 0 saturated heterocycles. The minimum absolute atomic E-state index is 0.0173. The van der Waals surface area contributed by atoms with Gasteiger partial charge in [-0.05, 0) is 48.1 Å². The first-order valence-corrected chi connectivity index (χ1v) is 7.74. The average Bonchev–Trinajstić information content (AvgIpc) is 2.23. The van der Waals surface area contributed by atoms with Crippen molar-refractivity contribution in [2.24, 2.45) is 0 Å². The topological polar surface area (TPSA) is 17.1 Å². The summed E-state index contributed by atoms with van der Waals surface area (Å²) in [5.74, 6) is -0.449. The van der Waals surface area contributed by atoms with Crippen LogP contribution in [0.5, 0.6) is 0 Å². The highest BCUT2D eigenvalue weighted by atomic mass is 79.9. The number of ketones is 1. The van der Waals surface area contributed by atoms with Crippen LogP contribution in [0.1, 0.15) is 17.3 Å². The molecule has 0 aliphatic rings. The lowest BCUT2D eigenvalue weighted by Crippen LogP contribution is -2.07. The predicted octanol–water partition coefficient (Wildman–Crippen LogP) is 5.94. The molecule has 0 bridgehead atoms. The molecule has 10 heteroatoms. The predicted molar refractivity (Wildman–Crippen MR) is 72.6 cm³/mol. The standard InChI is InChI=1S/C11H7BrF6OS2/c1-5(19)9(12)7-3-2-6(20-10(13,14)15)4-8(7)21-11(16,17)18/h2-4,9H,1H3. The summed E-state index contributed by atoms with van der Waals surface area (Å²) in [5.41, 5.74) is -9.29. The van der Waals surface area contributed by atoms with Crippen molar-refractivity contribution in [2.45, 2.75) is 32.6 Å². The molecular formula is C11H7BrF6OS2.